The molecule has 1 atom stereocenters. The summed E-state index contributed by atoms with van der Waals surface area (Å²) in [5.41, 5.74) is 5.92. The lowest BCUT2D eigenvalue weighted by Gasteiger charge is -2.23. The van der Waals surface area contributed by atoms with Crippen LogP contribution in [-0.4, -0.2) is 17.7 Å². The molecular formula is C14H21NO3. The van der Waals surface area contributed by atoms with Gasteiger partial charge in [-0.05, 0) is 30.5 Å². The Morgan fingerprint density at radius 1 is 1.39 bits per heavy atom. The highest BCUT2D eigenvalue weighted by Gasteiger charge is 2.24. The van der Waals surface area contributed by atoms with Gasteiger partial charge in [-0.25, -0.2) is 0 Å². The summed E-state index contributed by atoms with van der Waals surface area (Å²) in [7, 11) is 0. The van der Waals surface area contributed by atoms with Crippen molar-refractivity contribution >= 4 is 5.97 Å². The van der Waals surface area contributed by atoms with Crippen LogP contribution in [0.5, 0.6) is 5.75 Å². The van der Waals surface area contributed by atoms with Crippen LogP contribution in [0.4, 0.5) is 0 Å². The highest BCUT2D eigenvalue weighted by Crippen LogP contribution is 2.24. The molecule has 4 nitrogen and oxygen atoms in total. The average molecular weight is 251 g/mol. The molecule has 1 aromatic rings. The Morgan fingerprint density at radius 2 is 1.94 bits per heavy atom. The minimum absolute atomic E-state index is 0.0980. The quantitative estimate of drug-likeness (QED) is 0.814. The first-order chi connectivity index (χ1) is 8.31. The van der Waals surface area contributed by atoms with E-state index in [1.807, 2.05) is 24.3 Å². The fraction of sp³-hybridized carbons (Fsp3) is 0.500. The van der Waals surface area contributed by atoms with Crippen LogP contribution in [-0.2, 0) is 10.3 Å². The molecule has 0 spiro atoms. The topological polar surface area (TPSA) is 72.5 Å². The fourth-order valence-corrected chi connectivity index (χ4v) is 1.61. The normalized spacial score (nSPS) is 14.3. The molecule has 1 unspecified atom stereocenters. The molecule has 0 saturated heterocycles. The van der Waals surface area contributed by atoms with Crippen LogP contribution in [0, 0.1) is 5.92 Å². The molecule has 0 heterocycles. The maximum Gasteiger partial charge on any atom is 0.305 e. The van der Waals surface area contributed by atoms with Crippen LogP contribution in [0.2, 0.25) is 0 Å². The summed E-state index contributed by atoms with van der Waals surface area (Å²) in [6, 6.07) is 7.28. The number of carbonyl (C=O) groups is 1. The van der Waals surface area contributed by atoms with Gasteiger partial charge in [0.05, 0.1) is 13.0 Å². The third-order valence-corrected chi connectivity index (χ3v) is 2.62. The van der Waals surface area contributed by atoms with Crippen LogP contribution in [0.25, 0.3) is 0 Å². The van der Waals surface area contributed by atoms with Gasteiger partial charge in [-0.2, -0.15) is 0 Å². The Balaban J connectivity index is 2.72. The molecule has 4 heteroatoms. The smallest absolute Gasteiger partial charge is 0.305 e. The van der Waals surface area contributed by atoms with Crippen LogP contribution in [0.1, 0.15) is 32.8 Å². The number of rotatable bonds is 6. The van der Waals surface area contributed by atoms with Crippen molar-refractivity contribution in [3.8, 4) is 5.75 Å². The third kappa shape index (κ3) is 4.37. The first-order valence-electron chi connectivity index (χ1n) is 6.05. The third-order valence-electron chi connectivity index (χ3n) is 2.62. The number of carboxylic acids is 1. The number of benzene rings is 1. The zero-order valence-electron chi connectivity index (χ0n) is 11.1. The van der Waals surface area contributed by atoms with Gasteiger partial charge in [-0.1, -0.05) is 26.0 Å². The van der Waals surface area contributed by atoms with Crippen LogP contribution < -0.4 is 10.5 Å². The van der Waals surface area contributed by atoms with Gasteiger partial charge in [-0.3, -0.25) is 4.79 Å². The summed E-state index contributed by atoms with van der Waals surface area (Å²) in [6.07, 6.45) is -0.0980. The molecule has 0 fully saturated rings. The summed E-state index contributed by atoms with van der Waals surface area (Å²) in [6.45, 7) is 6.54. The van der Waals surface area contributed by atoms with Gasteiger partial charge in [0.15, 0.2) is 0 Å². The van der Waals surface area contributed by atoms with Gasteiger partial charge in [0, 0.05) is 5.54 Å². The van der Waals surface area contributed by atoms with E-state index in [1.54, 1.807) is 6.92 Å². The summed E-state index contributed by atoms with van der Waals surface area (Å²) in [5, 5.41) is 8.81. The lowest BCUT2D eigenvalue weighted by molar-refractivity contribution is -0.138. The van der Waals surface area contributed by atoms with E-state index in [0.717, 1.165) is 11.3 Å². The zero-order valence-corrected chi connectivity index (χ0v) is 11.1. The van der Waals surface area contributed by atoms with Gasteiger partial charge in [0.2, 0.25) is 0 Å². The van der Waals surface area contributed by atoms with Crippen LogP contribution in [0.15, 0.2) is 24.3 Å². The summed E-state index contributed by atoms with van der Waals surface area (Å²) < 4.78 is 5.56. The SMILES string of the molecule is CC(C)COc1ccc(C(C)(N)CC(=O)O)cc1. The fourth-order valence-electron chi connectivity index (χ4n) is 1.61. The minimum Gasteiger partial charge on any atom is -0.493 e. The summed E-state index contributed by atoms with van der Waals surface area (Å²) in [5.74, 6) is 0.343. The van der Waals surface area contributed by atoms with Crippen molar-refractivity contribution in [1.82, 2.24) is 0 Å². The van der Waals surface area contributed by atoms with E-state index in [-0.39, 0.29) is 6.42 Å². The molecule has 1 aromatic carbocycles. The molecule has 0 bridgehead atoms. The average Bonchev–Trinajstić information content (AvgIpc) is 2.25. The number of carboxylic acid groups (broad SMARTS) is 1. The van der Waals surface area contributed by atoms with Crippen molar-refractivity contribution in [2.24, 2.45) is 11.7 Å². The molecule has 3 N–H and O–H groups in total. The molecule has 0 amide bonds. The van der Waals surface area contributed by atoms with E-state index in [4.69, 9.17) is 15.6 Å². The van der Waals surface area contributed by atoms with Crippen LogP contribution >= 0.6 is 0 Å². The first-order valence-corrected chi connectivity index (χ1v) is 6.05. The van der Waals surface area contributed by atoms with Crippen molar-refractivity contribution < 1.29 is 14.6 Å². The Bertz CT molecular complexity index is 396. The number of ether oxygens (including phenoxy) is 1. The Labute approximate surface area is 108 Å². The maximum atomic E-state index is 10.7. The van der Waals surface area contributed by atoms with E-state index < -0.39 is 11.5 Å². The number of nitrogens with two attached hydrogens (primary N) is 1. The Kier molecular flexibility index (Phi) is 4.73. The summed E-state index contributed by atoms with van der Waals surface area (Å²) >= 11 is 0. The number of hydrogen-bond donors (Lipinski definition) is 2. The largest absolute Gasteiger partial charge is 0.493 e. The molecule has 0 radical (unpaired) electrons. The van der Waals surface area contributed by atoms with Gasteiger partial charge in [0.1, 0.15) is 5.75 Å². The highest BCUT2D eigenvalue weighted by atomic mass is 16.5. The number of aliphatic carboxylic acids is 1. The first kappa shape index (κ1) is 14.5. The lowest BCUT2D eigenvalue weighted by atomic mass is 9.90. The van der Waals surface area contributed by atoms with Gasteiger partial charge in [0.25, 0.3) is 0 Å². The molecular weight excluding hydrogens is 230 g/mol. The molecule has 0 saturated carbocycles. The lowest BCUT2D eigenvalue weighted by Crippen LogP contribution is -2.35. The van der Waals surface area contributed by atoms with Gasteiger partial charge >= 0.3 is 5.97 Å². The van der Waals surface area contributed by atoms with E-state index in [0.29, 0.717) is 12.5 Å². The predicted molar refractivity (Wildman–Crippen MR) is 70.6 cm³/mol. The van der Waals surface area contributed by atoms with Gasteiger partial charge < -0.3 is 15.6 Å². The van der Waals surface area contributed by atoms with Crippen molar-refractivity contribution in [2.45, 2.75) is 32.7 Å². The van der Waals surface area contributed by atoms with E-state index in [2.05, 4.69) is 13.8 Å². The van der Waals surface area contributed by atoms with Crippen molar-refractivity contribution in [2.75, 3.05) is 6.61 Å². The predicted octanol–water partition coefficient (Wildman–Crippen LogP) is 2.37. The minimum atomic E-state index is -0.903. The van der Waals surface area contributed by atoms with E-state index >= 15 is 0 Å². The zero-order chi connectivity index (χ0) is 13.8. The van der Waals surface area contributed by atoms with Crippen molar-refractivity contribution in [1.29, 1.82) is 0 Å². The maximum absolute atomic E-state index is 10.7. The number of hydrogen-bond acceptors (Lipinski definition) is 3. The molecule has 0 aliphatic rings. The summed E-state index contributed by atoms with van der Waals surface area (Å²) in [4.78, 5) is 10.7. The molecule has 0 aliphatic carbocycles. The highest BCUT2D eigenvalue weighted by molar-refractivity contribution is 5.68. The molecule has 18 heavy (non-hydrogen) atoms. The van der Waals surface area contributed by atoms with E-state index in [9.17, 15) is 4.79 Å². The molecule has 1 rings (SSSR count). The molecule has 0 aromatic heterocycles. The van der Waals surface area contributed by atoms with Crippen molar-refractivity contribution in [3.05, 3.63) is 29.8 Å². The van der Waals surface area contributed by atoms with E-state index in [1.165, 1.54) is 0 Å². The Morgan fingerprint density at radius 3 is 2.39 bits per heavy atom. The standard InChI is InChI=1S/C14H21NO3/c1-10(2)9-18-12-6-4-11(5-7-12)14(3,15)8-13(16)17/h4-7,10H,8-9,15H2,1-3H3,(H,16,17). The second-order valence-electron chi connectivity index (χ2n) is 5.22. The van der Waals surface area contributed by atoms with Crippen molar-refractivity contribution in [3.63, 3.8) is 0 Å². The molecule has 0 aliphatic heterocycles. The Hall–Kier alpha value is -1.55. The second kappa shape index (κ2) is 5.87. The monoisotopic (exact) mass is 251 g/mol. The second-order valence-corrected chi connectivity index (χ2v) is 5.22. The molecule has 100 valence electrons. The van der Waals surface area contributed by atoms with Crippen LogP contribution in [0.3, 0.4) is 0 Å². The van der Waals surface area contributed by atoms with Gasteiger partial charge in [-0.15, -0.1) is 0 Å².